The van der Waals surface area contributed by atoms with Crippen LogP contribution in [0.2, 0.25) is 0 Å². The van der Waals surface area contributed by atoms with Gasteiger partial charge in [-0.05, 0) is 48.0 Å². The van der Waals surface area contributed by atoms with E-state index in [4.69, 9.17) is 10.00 Å². The fourth-order valence-corrected chi connectivity index (χ4v) is 2.41. The van der Waals surface area contributed by atoms with Gasteiger partial charge in [0.1, 0.15) is 5.75 Å². The number of fused-ring (bicyclic) bond motifs is 1. The Bertz CT molecular complexity index is 928. The molecular formula is C20H16N2O2. The fourth-order valence-electron chi connectivity index (χ4n) is 2.41. The maximum atomic E-state index is 12.3. The lowest BCUT2D eigenvalue weighted by molar-refractivity contribution is -0.122. The van der Waals surface area contributed by atoms with E-state index in [-0.39, 0.29) is 5.91 Å². The molecule has 0 spiro atoms. The highest BCUT2D eigenvalue weighted by Gasteiger charge is 2.15. The highest BCUT2D eigenvalue weighted by molar-refractivity contribution is 5.94. The molecule has 1 amide bonds. The summed E-state index contributed by atoms with van der Waals surface area (Å²) in [5, 5.41) is 13.8. The smallest absolute Gasteiger partial charge is 0.265 e. The van der Waals surface area contributed by atoms with E-state index in [0.29, 0.717) is 17.0 Å². The zero-order valence-electron chi connectivity index (χ0n) is 13.2. The van der Waals surface area contributed by atoms with E-state index in [1.165, 1.54) is 0 Å². The zero-order valence-corrected chi connectivity index (χ0v) is 13.2. The molecule has 0 aliphatic heterocycles. The van der Waals surface area contributed by atoms with Gasteiger partial charge in [-0.15, -0.1) is 0 Å². The second-order valence-electron chi connectivity index (χ2n) is 5.45. The van der Waals surface area contributed by atoms with Crippen LogP contribution in [0.4, 0.5) is 5.69 Å². The van der Waals surface area contributed by atoms with Crippen LogP contribution in [0.5, 0.6) is 5.75 Å². The van der Waals surface area contributed by atoms with Crippen LogP contribution in [0.25, 0.3) is 10.8 Å². The number of anilines is 1. The third-order valence-electron chi connectivity index (χ3n) is 3.66. The summed E-state index contributed by atoms with van der Waals surface area (Å²) in [6.07, 6.45) is -0.656. The topological polar surface area (TPSA) is 62.1 Å². The Labute approximate surface area is 140 Å². The lowest BCUT2D eigenvalue weighted by Crippen LogP contribution is -2.30. The summed E-state index contributed by atoms with van der Waals surface area (Å²) in [5.74, 6) is 0.375. The first-order chi connectivity index (χ1) is 11.7. The molecule has 0 fully saturated rings. The summed E-state index contributed by atoms with van der Waals surface area (Å²) in [7, 11) is 0. The summed E-state index contributed by atoms with van der Waals surface area (Å²) >= 11 is 0. The predicted octanol–water partition coefficient (Wildman–Crippen LogP) is 4.12. The summed E-state index contributed by atoms with van der Waals surface area (Å²) in [6, 6.07) is 22.5. The van der Waals surface area contributed by atoms with Crippen LogP contribution in [-0.4, -0.2) is 12.0 Å². The first-order valence-corrected chi connectivity index (χ1v) is 7.62. The average Bonchev–Trinajstić information content (AvgIpc) is 2.61. The summed E-state index contributed by atoms with van der Waals surface area (Å²) in [4.78, 5) is 12.3. The van der Waals surface area contributed by atoms with Crippen molar-refractivity contribution in [2.24, 2.45) is 0 Å². The average molecular weight is 316 g/mol. The van der Waals surface area contributed by atoms with E-state index in [1.807, 2.05) is 48.5 Å². The van der Waals surface area contributed by atoms with Gasteiger partial charge >= 0.3 is 0 Å². The molecule has 0 unspecified atom stereocenters. The van der Waals surface area contributed by atoms with Crippen molar-refractivity contribution in [1.29, 1.82) is 5.26 Å². The monoisotopic (exact) mass is 316 g/mol. The Balaban J connectivity index is 1.69. The van der Waals surface area contributed by atoms with E-state index < -0.39 is 6.10 Å². The van der Waals surface area contributed by atoms with Crippen molar-refractivity contribution in [2.75, 3.05) is 5.32 Å². The maximum absolute atomic E-state index is 12.3. The number of carbonyl (C=O) groups excluding carboxylic acids is 1. The largest absolute Gasteiger partial charge is 0.481 e. The molecule has 0 saturated heterocycles. The standard InChI is InChI=1S/C20H16N2O2/c1-14(20(23)22-18-8-4-5-15(11-18)13-21)24-19-10-9-16-6-2-3-7-17(16)12-19/h2-12,14H,1H3,(H,22,23)/t14-/m0/s1. The molecule has 3 aromatic carbocycles. The van der Waals surface area contributed by atoms with E-state index in [1.54, 1.807) is 31.2 Å². The number of hydrogen-bond acceptors (Lipinski definition) is 3. The molecule has 3 rings (SSSR count). The minimum Gasteiger partial charge on any atom is -0.481 e. The number of ether oxygens (including phenoxy) is 1. The minimum atomic E-state index is -0.656. The molecule has 24 heavy (non-hydrogen) atoms. The number of nitrogens with zero attached hydrogens (tertiary/aromatic N) is 1. The van der Waals surface area contributed by atoms with Crippen LogP contribution in [0.1, 0.15) is 12.5 Å². The van der Waals surface area contributed by atoms with Gasteiger partial charge in [-0.1, -0.05) is 36.4 Å². The number of carbonyl (C=O) groups is 1. The van der Waals surface area contributed by atoms with Crippen molar-refractivity contribution in [3.63, 3.8) is 0 Å². The number of nitriles is 1. The Morgan fingerprint density at radius 3 is 2.62 bits per heavy atom. The second kappa shape index (κ2) is 6.84. The predicted molar refractivity (Wildman–Crippen MR) is 93.8 cm³/mol. The molecule has 1 atom stereocenters. The Kier molecular flexibility index (Phi) is 4.44. The highest BCUT2D eigenvalue weighted by Crippen LogP contribution is 2.21. The molecule has 0 heterocycles. The number of benzene rings is 3. The number of rotatable bonds is 4. The van der Waals surface area contributed by atoms with Gasteiger partial charge in [-0.25, -0.2) is 0 Å². The lowest BCUT2D eigenvalue weighted by Gasteiger charge is -2.15. The SMILES string of the molecule is C[C@H](Oc1ccc2ccccc2c1)C(=O)Nc1cccc(C#N)c1. The summed E-state index contributed by atoms with van der Waals surface area (Å²) < 4.78 is 5.74. The van der Waals surface area contributed by atoms with Crippen LogP contribution in [0.3, 0.4) is 0 Å². The van der Waals surface area contributed by atoms with Gasteiger partial charge in [0.15, 0.2) is 6.10 Å². The van der Waals surface area contributed by atoms with Gasteiger partial charge < -0.3 is 10.1 Å². The lowest BCUT2D eigenvalue weighted by atomic mass is 10.1. The molecule has 4 heteroatoms. The van der Waals surface area contributed by atoms with Crippen molar-refractivity contribution < 1.29 is 9.53 Å². The molecule has 1 N–H and O–H groups in total. The van der Waals surface area contributed by atoms with E-state index in [2.05, 4.69) is 5.32 Å². The van der Waals surface area contributed by atoms with Gasteiger partial charge in [0, 0.05) is 5.69 Å². The Morgan fingerprint density at radius 2 is 1.83 bits per heavy atom. The quantitative estimate of drug-likeness (QED) is 0.787. The number of amides is 1. The van der Waals surface area contributed by atoms with E-state index in [9.17, 15) is 4.79 Å². The van der Waals surface area contributed by atoms with Gasteiger partial charge in [0.05, 0.1) is 11.6 Å². The first-order valence-electron chi connectivity index (χ1n) is 7.62. The molecule has 0 aliphatic carbocycles. The van der Waals surface area contributed by atoms with Crippen molar-refractivity contribution in [1.82, 2.24) is 0 Å². The summed E-state index contributed by atoms with van der Waals surface area (Å²) in [6.45, 7) is 1.69. The number of nitrogens with one attached hydrogen (secondary N) is 1. The van der Waals surface area contributed by atoms with E-state index in [0.717, 1.165) is 10.8 Å². The number of hydrogen-bond donors (Lipinski definition) is 1. The fraction of sp³-hybridized carbons (Fsp3) is 0.100. The van der Waals surface area contributed by atoms with Crippen molar-refractivity contribution >= 4 is 22.4 Å². The minimum absolute atomic E-state index is 0.266. The Morgan fingerprint density at radius 1 is 1.04 bits per heavy atom. The summed E-state index contributed by atoms with van der Waals surface area (Å²) in [5.41, 5.74) is 1.07. The molecule has 3 aromatic rings. The molecule has 0 aromatic heterocycles. The first kappa shape index (κ1) is 15.6. The molecular weight excluding hydrogens is 300 g/mol. The van der Waals surface area contributed by atoms with Gasteiger partial charge in [-0.3, -0.25) is 4.79 Å². The van der Waals surface area contributed by atoms with Crippen LogP contribution < -0.4 is 10.1 Å². The van der Waals surface area contributed by atoms with Crippen LogP contribution in [-0.2, 0) is 4.79 Å². The molecule has 4 nitrogen and oxygen atoms in total. The maximum Gasteiger partial charge on any atom is 0.265 e. The third kappa shape index (κ3) is 3.53. The molecule has 0 saturated carbocycles. The van der Waals surface area contributed by atoms with E-state index >= 15 is 0 Å². The third-order valence-corrected chi connectivity index (χ3v) is 3.66. The molecule has 0 bridgehead atoms. The Hall–Kier alpha value is -3.32. The van der Waals surface area contributed by atoms with Gasteiger partial charge in [0.25, 0.3) is 5.91 Å². The zero-order chi connectivity index (χ0) is 16.9. The van der Waals surface area contributed by atoms with Gasteiger partial charge in [-0.2, -0.15) is 5.26 Å². The van der Waals surface area contributed by atoms with Crippen molar-refractivity contribution in [3.05, 3.63) is 72.3 Å². The second-order valence-corrected chi connectivity index (χ2v) is 5.45. The van der Waals surface area contributed by atoms with Crippen LogP contribution in [0, 0.1) is 11.3 Å². The molecule has 118 valence electrons. The van der Waals surface area contributed by atoms with Gasteiger partial charge in [0.2, 0.25) is 0 Å². The van der Waals surface area contributed by atoms with Crippen LogP contribution in [0.15, 0.2) is 66.7 Å². The molecule has 0 radical (unpaired) electrons. The van der Waals surface area contributed by atoms with Crippen molar-refractivity contribution in [2.45, 2.75) is 13.0 Å². The van der Waals surface area contributed by atoms with Crippen molar-refractivity contribution in [3.8, 4) is 11.8 Å². The highest BCUT2D eigenvalue weighted by atomic mass is 16.5. The molecule has 0 aliphatic rings. The van der Waals surface area contributed by atoms with Crippen LogP contribution >= 0.6 is 0 Å². The normalized spacial score (nSPS) is 11.5.